The number of aromatic amines is 1. The molecule has 0 unspecified atom stereocenters. The largest absolute Gasteiger partial charge is 0.364 e. The van der Waals surface area contributed by atoms with Gasteiger partial charge in [0.25, 0.3) is 5.69 Å². The van der Waals surface area contributed by atoms with Gasteiger partial charge in [-0.15, -0.1) is 11.3 Å². The van der Waals surface area contributed by atoms with Crippen molar-refractivity contribution >= 4 is 45.2 Å². The highest BCUT2D eigenvalue weighted by atomic mass is 32.1. The Morgan fingerprint density at radius 2 is 2.09 bits per heavy atom. The van der Waals surface area contributed by atoms with Crippen molar-refractivity contribution < 1.29 is 4.92 Å². The number of rotatable bonds is 4. The highest BCUT2D eigenvalue weighted by Crippen LogP contribution is 2.27. The summed E-state index contributed by atoms with van der Waals surface area (Å²) < 4.78 is 0.814. The SMILES string of the molecule is CN(C)c1ccc(C=Cc2nc3ccc([N+](=O)[O-])cc3s2)[nH]1. The monoisotopic (exact) mass is 314 g/mol. The average Bonchev–Trinajstić information content (AvgIpc) is 3.10. The smallest absolute Gasteiger partial charge is 0.270 e. The lowest BCUT2D eigenvalue weighted by atomic mass is 10.3. The van der Waals surface area contributed by atoms with Gasteiger partial charge in [0.2, 0.25) is 0 Å². The summed E-state index contributed by atoms with van der Waals surface area (Å²) in [7, 11) is 3.94. The number of nitrogens with zero attached hydrogens (tertiary/aromatic N) is 3. The molecule has 0 aliphatic rings. The number of fused-ring (bicyclic) bond motifs is 1. The Morgan fingerprint density at radius 3 is 2.77 bits per heavy atom. The van der Waals surface area contributed by atoms with Gasteiger partial charge in [-0.05, 0) is 30.4 Å². The number of nitro benzene ring substituents is 1. The van der Waals surface area contributed by atoms with Crippen LogP contribution in [0.5, 0.6) is 0 Å². The van der Waals surface area contributed by atoms with E-state index in [1.54, 1.807) is 12.1 Å². The Labute approximate surface area is 130 Å². The van der Waals surface area contributed by atoms with Crippen LogP contribution < -0.4 is 4.90 Å². The van der Waals surface area contributed by atoms with Gasteiger partial charge < -0.3 is 9.88 Å². The van der Waals surface area contributed by atoms with Crippen LogP contribution in [0, 0.1) is 10.1 Å². The molecule has 2 aromatic heterocycles. The molecule has 3 rings (SSSR count). The fraction of sp³-hybridized carbons (Fsp3) is 0.133. The Kier molecular flexibility index (Phi) is 3.64. The first kappa shape index (κ1) is 14.3. The number of nitro groups is 1. The molecule has 112 valence electrons. The number of aromatic nitrogens is 2. The lowest BCUT2D eigenvalue weighted by molar-refractivity contribution is -0.384. The molecule has 1 N–H and O–H groups in total. The van der Waals surface area contributed by atoms with Crippen LogP contribution >= 0.6 is 11.3 Å². The number of thiazole rings is 1. The summed E-state index contributed by atoms with van der Waals surface area (Å²) in [6, 6.07) is 8.71. The van der Waals surface area contributed by atoms with E-state index in [9.17, 15) is 10.1 Å². The molecule has 0 radical (unpaired) electrons. The van der Waals surface area contributed by atoms with E-state index in [1.165, 1.54) is 17.4 Å². The van der Waals surface area contributed by atoms with Gasteiger partial charge in [0.05, 0.1) is 15.1 Å². The molecular weight excluding hydrogens is 300 g/mol. The number of H-pyrrole nitrogens is 1. The summed E-state index contributed by atoms with van der Waals surface area (Å²) >= 11 is 1.43. The number of non-ortho nitro benzene ring substituents is 1. The van der Waals surface area contributed by atoms with E-state index in [-0.39, 0.29) is 5.69 Å². The highest BCUT2D eigenvalue weighted by Gasteiger charge is 2.09. The average molecular weight is 314 g/mol. The third-order valence-electron chi connectivity index (χ3n) is 3.18. The zero-order valence-corrected chi connectivity index (χ0v) is 12.9. The quantitative estimate of drug-likeness (QED) is 0.587. The molecule has 0 amide bonds. The van der Waals surface area contributed by atoms with Crippen molar-refractivity contribution in [3.8, 4) is 0 Å². The maximum absolute atomic E-state index is 10.8. The molecule has 1 aromatic carbocycles. The fourth-order valence-corrected chi connectivity index (χ4v) is 2.94. The van der Waals surface area contributed by atoms with E-state index in [1.807, 2.05) is 43.3 Å². The Hall–Kier alpha value is -2.67. The van der Waals surface area contributed by atoms with Crippen molar-refractivity contribution in [1.82, 2.24) is 9.97 Å². The van der Waals surface area contributed by atoms with E-state index < -0.39 is 4.92 Å². The molecule has 3 aromatic rings. The summed E-state index contributed by atoms with van der Waals surface area (Å²) in [6.45, 7) is 0. The fourth-order valence-electron chi connectivity index (χ4n) is 2.04. The minimum Gasteiger partial charge on any atom is -0.364 e. The van der Waals surface area contributed by atoms with Gasteiger partial charge in [0.1, 0.15) is 10.8 Å². The number of nitrogens with one attached hydrogen (secondary N) is 1. The second kappa shape index (κ2) is 5.61. The Balaban J connectivity index is 1.86. The van der Waals surface area contributed by atoms with E-state index >= 15 is 0 Å². The van der Waals surface area contributed by atoms with E-state index in [2.05, 4.69) is 9.97 Å². The first-order chi connectivity index (χ1) is 10.5. The molecule has 0 bridgehead atoms. The van der Waals surface area contributed by atoms with Crippen LogP contribution in [0.25, 0.3) is 22.4 Å². The van der Waals surface area contributed by atoms with Gasteiger partial charge in [-0.3, -0.25) is 10.1 Å². The van der Waals surface area contributed by atoms with E-state index in [0.717, 1.165) is 26.7 Å². The summed E-state index contributed by atoms with van der Waals surface area (Å²) in [4.78, 5) is 20.1. The lowest BCUT2D eigenvalue weighted by Crippen LogP contribution is -2.08. The van der Waals surface area contributed by atoms with Gasteiger partial charge in [-0.2, -0.15) is 0 Å². The molecule has 0 aliphatic carbocycles. The van der Waals surface area contributed by atoms with E-state index in [0.29, 0.717) is 0 Å². The van der Waals surface area contributed by atoms with Crippen LogP contribution in [0.15, 0.2) is 30.3 Å². The molecule has 0 aliphatic heterocycles. The molecule has 0 spiro atoms. The minimum atomic E-state index is -0.392. The molecule has 7 heteroatoms. The Bertz CT molecular complexity index is 863. The minimum absolute atomic E-state index is 0.0895. The topological polar surface area (TPSA) is 75.1 Å². The van der Waals surface area contributed by atoms with Crippen molar-refractivity contribution in [3.63, 3.8) is 0 Å². The molecule has 0 atom stereocenters. The van der Waals surface area contributed by atoms with E-state index in [4.69, 9.17) is 0 Å². The second-order valence-electron chi connectivity index (χ2n) is 4.99. The number of hydrogen-bond acceptors (Lipinski definition) is 5. The molecule has 0 fully saturated rings. The molecular formula is C15H14N4O2S. The van der Waals surface area contributed by atoms with Crippen LogP contribution in [0.1, 0.15) is 10.7 Å². The standard InChI is InChI=1S/C15H14N4O2S/c1-18(2)14-7-3-10(16-14)4-8-15-17-12-6-5-11(19(20)21)9-13(12)22-15/h3-9,16H,1-2H3. The van der Waals surface area contributed by atoms with Crippen LogP contribution in [-0.4, -0.2) is 29.0 Å². The van der Waals surface area contributed by atoms with Crippen LogP contribution in [-0.2, 0) is 0 Å². The first-order valence-electron chi connectivity index (χ1n) is 6.62. The predicted octanol–water partition coefficient (Wildman–Crippen LogP) is 3.77. The maximum atomic E-state index is 10.8. The molecule has 22 heavy (non-hydrogen) atoms. The number of hydrogen-bond donors (Lipinski definition) is 1. The third-order valence-corrected chi connectivity index (χ3v) is 4.16. The maximum Gasteiger partial charge on any atom is 0.270 e. The summed E-state index contributed by atoms with van der Waals surface area (Å²) in [5.74, 6) is 1.03. The third kappa shape index (κ3) is 2.84. The van der Waals surface area contributed by atoms with Gasteiger partial charge >= 0.3 is 0 Å². The molecule has 0 saturated carbocycles. The van der Waals surface area contributed by atoms with Crippen molar-refractivity contribution in [2.24, 2.45) is 0 Å². The molecule has 0 saturated heterocycles. The zero-order valence-electron chi connectivity index (χ0n) is 12.1. The van der Waals surface area contributed by atoms with Gasteiger partial charge in [-0.25, -0.2) is 4.98 Å². The Morgan fingerprint density at radius 1 is 1.27 bits per heavy atom. The van der Waals surface area contributed by atoms with Crippen molar-refractivity contribution in [2.45, 2.75) is 0 Å². The number of benzene rings is 1. The van der Waals surface area contributed by atoms with Crippen LogP contribution in [0.3, 0.4) is 0 Å². The zero-order chi connectivity index (χ0) is 15.7. The van der Waals surface area contributed by atoms with Crippen LogP contribution in [0.2, 0.25) is 0 Å². The molecule has 2 heterocycles. The summed E-state index contributed by atoms with van der Waals surface area (Å²) in [5, 5.41) is 11.6. The molecule has 6 nitrogen and oxygen atoms in total. The highest BCUT2D eigenvalue weighted by molar-refractivity contribution is 7.19. The van der Waals surface area contributed by atoms with Gasteiger partial charge in [0.15, 0.2) is 0 Å². The normalized spacial score (nSPS) is 11.4. The van der Waals surface area contributed by atoms with Gasteiger partial charge in [-0.1, -0.05) is 0 Å². The first-order valence-corrected chi connectivity index (χ1v) is 7.44. The summed E-state index contributed by atoms with van der Waals surface area (Å²) in [6.07, 6.45) is 3.85. The van der Waals surface area contributed by atoms with Crippen molar-refractivity contribution in [2.75, 3.05) is 19.0 Å². The van der Waals surface area contributed by atoms with Gasteiger partial charge in [0, 0.05) is 31.9 Å². The van der Waals surface area contributed by atoms with Crippen molar-refractivity contribution in [3.05, 3.63) is 51.1 Å². The van der Waals surface area contributed by atoms with Crippen LogP contribution in [0.4, 0.5) is 11.5 Å². The predicted molar refractivity (Wildman–Crippen MR) is 90.3 cm³/mol. The number of anilines is 1. The second-order valence-corrected chi connectivity index (χ2v) is 6.05. The lowest BCUT2D eigenvalue weighted by Gasteiger charge is -2.07. The summed E-state index contributed by atoms with van der Waals surface area (Å²) in [5.41, 5.74) is 1.84. The van der Waals surface area contributed by atoms with Crippen molar-refractivity contribution in [1.29, 1.82) is 0 Å².